The van der Waals surface area contributed by atoms with Gasteiger partial charge in [0.1, 0.15) is 11.6 Å². The van der Waals surface area contributed by atoms with E-state index in [2.05, 4.69) is 86.1 Å². The van der Waals surface area contributed by atoms with Crippen LogP contribution in [0.25, 0.3) is 23.3 Å². The number of aryl methyl sites for hydroxylation is 4. The van der Waals surface area contributed by atoms with E-state index in [0.29, 0.717) is 35.9 Å². The van der Waals surface area contributed by atoms with Gasteiger partial charge in [-0.3, -0.25) is 9.97 Å². The second-order valence-corrected chi connectivity index (χ2v) is 20.5. The summed E-state index contributed by atoms with van der Waals surface area (Å²) in [6, 6.07) is 21.0. The van der Waals surface area contributed by atoms with Crippen molar-refractivity contribution in [3.63, 3.8) is 0 Å². The maximum absolute atomic E-state index is 12.1. The molecule has 10 rings (SSSR count). The third-order valence-corrected chi connectivity index (χ3v) is 15.5. The summed E-state index contributed by atoms with van der Waals surface area (Å²) in [5.41, 5.74) is 12.3. The van der Waals surface area contributed by atoms with Crippen LogP contribution in [0.1, 0.15) is 107 Å². The van der Waals surface area contributed by atoms with E-state index in [9.17, 15) is 8.42 Å². The van der Waals surface area contributed by atoms with Crippen LogP contribution in [-0.4, -0.2) is 74.2 Å². The van der Waals surface area contributed by atoms with Crippen molar-refractivity contribution in [3.05, 3.63) is 164 Å². The minimum atomic E-state index is -3.17. The first-order chi connectivity index (χ1) is 31.0. The lowest BCUT2D eigenvalue weighted by Crippen LogP contribution is -2.39. The number of hydrogen-bond donors (Lipinski definition) is 1. The number of allylic oxidation sites excluding steroid dienone is 2. The largest absolute Gasteiger partial charge is 0.335 e. The molecule has 0 amide bonds. The van der Waals surface area contributed by atoms with Crippen LogP contribution in [0, 0.1) is 25.7 Å². The van der Waals surface area contributed by atoms with E-state index in [0.717, 1.165) is 79.8 Å². The van der Waals surface area contributed by atoms with Gasteiger partial charge in [-0.15, -0.1) is 37.2 Å². The number of rotatable bonds is 9. The standard InChI is InChI=1S/C26H29ClN4O2S.C25H27ClN4.3ClH/c1-18-28-11-15-30(18)12-7-20-16-21-17-22(27)5-6-23(21)25(26-24(20)4-3-10-29-26)19-8-13-31(14-9-19)34(2,32)33;1-17-28-12-14-30(17)13-8-19-15-20-16-21(26)4-5-22(20)24(18-6-10-27-11-7-18)25-23(19)3-2-9-29-25;;;/h3-6,10-11,15-17,19,25H,7-9,12-14H2,1-2H3;2-5,9,12,14-16,18,24,27H,6-8,10-11,13H2,1H3;3*1H. The number of halogens is 5. The van der Waals surface area contributed by atoms with Crippen molar-refractivity contribution in [2.45, 2.75) is 77.3 Å². The number of sulfonamides is 1. The normalized spacial score (nSPS) is 18.3. The molecule has 67 heavy (non-hydrogen) atoms. The van der Waals surface area contributed by atoms with Crippen LogP contribution < -0.4 is 5.32 Å². The second kappa shape index (κ2) is 23.0. The van der Waals surface area contributed by atoms with Crippen molar-refractivity contribution in [3.8, 4) is 0 Å². The highest BCUT2D eigenvalue weighted by Gasteiger charge is 2.36. The van der Waals surface area contributed by atoms with Gasteiger partial charge < -0.3 is 14.5 Å². The van der Waals surface area contributed by atoms with Gasteiger partial charge in [-0.2, -0.15) is 0 Å². The molecule has 2 unspecified atom stereocenters. The summed E-state index contributed by atoms with van der Waals surface area (Å²) < 4.78 is 30.1. The third-order valence-electron chi connectivity index (χ3n) is 13.8. The Hall–Kier alpha value is -4.04. The summed E-state index contributed by atoms with van der Waals surface area (Å²) in [5.74, 6) is 3.33. The monoisotopic (exact) mass is 1020 g/mol. The maximum atomic E-state index is 12.1. The summed E-state index contributed by atoms with van der Waals surface area (Å²) in [6.07, 6.45) is 23.2. The van der Waals surface area contributed by atoms with Crippen molar-refractivity contribution in [1.82, 2.24) is 38.7 Å². The van der Waals surface area contributed by atoms with E-state index in [1.807, 2.05) is 62.2 Å². The molecule has 6 aromatic rings. The van der Waals surface area contributed by atoms with Crippen LogP contribution >= 0.6 is 60.4 Å². The van der Waals surface area contributed by atoms with Crippen molar-refractivity contribution < 1.29 is 8.42 Å². The lowest BCUT2D eigenvalue weighted by atomic mass is 9.76. The van der Waals surface area contributed by atoms with Gasteiger partial charge >= 0.3 is 0 Å². The smallest absolute Gasteiger partial charge is 0.211 e. The van der Waals surface area contributed by atoms with Gasteiger partial charge in [-0.25, -0.2) is 22.7 Å². The summed E-state index contributed by atoms with van der Waals surface area (Å²) in [6.45, 7) is 9.05. The van der Waals surface area contributed by atoms with Crippen LogP contribution in [0.5, 0.6) is 0 Å². The van der Waals surface area contributed by atoms with Crippen molar-refractivity contribution >= 4 is 93.7 Å². The van der Waals surface area contributed by atoms with Gasteiger partial charge in [0, 0.05) is 85.2 Å². The minimum Gasteiger partial charge on any atom is -0.335 e. The fraction of sp³-hybridized carbons (Fsp3) is 0.373. The molecule has 2 aliphatic carbocycles. The highest BCUT2D eigenvalue weighted by molar-refractivity contribution is 7.88. The number of hydrogen-bond acceptors (Lipinski definition) is 7. The molecule has 0 spiro atoms. The molecule has 0 radical (unpaired) electrons. The highest BCUT2D eigenvalue weighted by Crippen LogP contribution is 2.47. The van der Waals surface area contributed by atoms with Gasteiger partial charge in [0.2, 0.25) is 10.0 Å². The van der Waals surface area contributed by atoms with Crippen molar-refractivity contribution in [1.29, 1.82) is 0 Å². The molecular weight excluding hydrogens is 966 g/mol. The van der Waals surface area contributed by atoms with Gasteiger partial charge in [0.15, 0.2) is 0 Å². The first-order valence-electron chi connectivity index (χ1n) is 22.5. The maximum Gasteiger partial charge on any atom is 0.211 e. The molecule has 356 valence electrons. The summed E-state index contributed by atoms with van der Waals surface area (Å²) in [5, 5.41) is 5.02. The number of fused-ring (bicyclic) bond motifs is 4. The number of nitrogens with zero attached hydrogens (tertiary/aromatic N) is 7. The van der Waals surface area contributed by atoms with E-state index in [-0.39, 0.29) is 43.1 Å². The lowest BCUT2D eigenvalue weighted by molar-refractivity contribution is 0.256. The van der Waals surface area contributed by atoms with Gasteiger partial charge in [0.25, 0.3) is 0 Å². The zero-order valence-electron chi connectivity index (χ0n) is 38.0. The van der Waals surface area contributed by atoms with Crippen LogP contribution in [0.15, 0.2) is 97.8 Å². The number of pyridine rings is 2. The molecule has 1 N–H and O–H groups in total. The van der Waals surface area contributed by atoms with Crippen molar-refractivity contribution in [2.24, 2.45) is 11.8 Å². The molecule has 2 atom stereocenters. The zero-order valence-corrected chi connectivity index (χ0v) is 42.8. The van der Waals surface area contributed by atoms with Gasteiger partial charge in [-0.05, 0) is 158 Å². The fourth-order valence-corrected chi connectivity index (χ4v) is 11.7. The molecular formula is C51H59Cl5N8O2S. The van der Waals surface area contributed by atoms with E-state index in [4.69, 9.17) is 33.2 Å². The first kappa shape index (κ1) is 52.3. The molecule has 2 aromatic carbocycles. The Balaban J connectivity index is 0.000000213. The number of benzene rings is 2. The minimum absolute atomic E-state index is 0. The van der Waals surface area contributed by atoms with Crippen LogP contribution in [-0.2, 0) is 23.1 Å². The Labute approximate surface area is 424 Å². The lowest BCUT2D eigenvalue weighted by Gasteiger charge is -2.35. The molecule has 4 aromatic heterocycles. The Morgan fingerprint density at radius 2 is 1.07 bits per heavy atom. The average molecular weight is 1030 g/mol. The van der Waals surface area contributed by atoms with Gasteiger partial charge in [0.05, 0.1) is 17.6 Å². The quantitative estimate of drug-likeness (QED) is 0.154. The van der Waals surface area contributed by atoms with E-state index < -0.39 is 10.0 Å². The first-order valence-corrected chi connectivity index (χ1v) is 25.1. The number of aromatic nitrogens is 6. The van der Waals surface area contributed by atoms with E-state index in [1.165, 1.54) is 63.8 Å². The molecule has 10 nitrogen and oxygen atoms in total. The predicted molar refractivity (Wildman–Crippen MR) is 280 cm³/mol. The highest BCUT2D eigenvalue weighted by atomic mass is 35.5. The van der Waals surface area contributed by atoms with Crippen molar-refractivity contribution in [2.75, 3.05) is 32.4 Å². The molecule has 4 aliphatic rings. The predicted octanol–water partition coefficient (Wildman–Crippen LogP) is 11.6. The SMILES string of the molecule is Cc1nccn1CCC1=Cc2cc(Cl)ccc2C(C2CCN(S(C)(=O)=O)CC2)c2ncccc21.Cc1nccn1CCC1=Cc2cc(Cl)ccc2C(C2CCNCC2)c2ncccc21.Cl.Cl.Cl. The molecule has 2 fully saturated rings. The second-order valence-electron chi connectivity index (χ2n) is 17.6. The summed E-state index contributed by atoms with van der Waals surface area (Å²) in [7, 11) is -3.17. The Morgan fingerprint density at radius 1 is 0.627 bits per heavy atom. The molecule has 2 saturated heterocycles. The fourth-order valence-electron chi connectivity index (χ4n) is 10.5. The summed E-state index contributed by atoms with van der Waals surface area (Å²) in [4.78, 5) is 18.6. The molecule has 0 saturated carbocycles. The number of nitrogens with one attached hydrogen (secondary N) is 1. The zero-order chi connectivity index (χ0) is 44.4. The number of imidazole rings is 2. The molecule has 2 aliphatic heterocycles. The third kappa shape index (κ3) is 11.7. The van der Waals surface area contributed by atoms with Crippen LogP contribution in [0.3, 0.4) is 0 Å². The van der Waals surface area contributed by atoms with E-state index in [1.54, 1.807) is 4.31 Å². The average Bonchev–Trinajstić information content (AvgIpc) is 3.84. The molecule has 16 heteroatoms. The Kier molecular flexibility index (Phi) is 18.0. The topological polar surface area (TPSA) is 111 Å². The van der Waals surface area contributed by atoms with Crippen LogP contribution in [0.4, 0.5) is 0 Å². The Bertz CT molecular complexity index is 2810. The Morgan fingerprint density at radius 3 is 1.49 bits per heavy atom. The summed E-state index contributed by atoms with van der Waals surface area (Å²) >= 11 is 12.9. The molecule has 0 bridgehead atoms. The van der Waals surface area contributed by atoms with E-state index >= 15 is 0 Å². The van der Waals surface area contributed by atoms with Gasteiger partial charge in [-0.1, -0.05) is 59.6 Å². The van der Waals surface area contributed by atoms with Crippen LogP contribution in [0.2, 0.25) is 10.0 Å². The molecule has 6 heterocycles. The number of piperidine rings is 2.